The zero-order valence-electron chi connectivity index (χ0n) is 12.4. The van der Waals surface area contributed by atoms with Crippen molar-refractivity contribution >= 4 is 11.8 Å². The summed E-state index contributed by atoms with van der Waals surface area (Å²) in [7, 11) is 1.33. The Balaban J connectivity index is 2.21. The Kier molecular flexibility index (Phi) is 3.84. The van der Waals surface area contributed by atoms with Crippen LogP contribution in [0.15, 0.2) is 18.2 Å². The van der Waals surface area contributed by atoms with Crippen molar-refractivity contribution in [3.8, 4) is 5.75 Å². The van der Waals surface area contributed by atoms with Crippen molar-refractivity contribution in [1.29, 1.82) is 0 Å². The predicted molar refractivity (Wildman–Crippen MR) is 75.0 cm³/mol. The fraction of sp³-hybridized carbons (Fsp3) is 0.500. The third-order valence-corrected chi connectivity index (χ3v) is 3.49. The van der Waals surface area contributed by atoms with Crippen LogP contribution in [0.2, 0.25) is 0 Å². The van der Waals surface area contributed by atoms with E-state index in [1.54, 1.807) is 13.0 Å². The summed E-state index contributed by atoms with van der Waals surface area (Å²) < 4.78 is 10.5. The molecule has 0 saturated carbocycles. The minimum atomic E-state index is -0.447. The second-order valence-corrected chi connectivity index (χ2v) is 5.88. The highest BCUT2D eigenvalue weighted by atomic mass is 16.5. The summed E-state index contributed by atoms with van der Waals surface area (Å²) in [4.78, 5) is 23.8. The minimum absolute atomic E-state index is 0.0857. The highest BCUT2D eigenvalue weighted by Gasteiger charge is 2.33. The number of hydrogen-bond donors (Lipinski definition) is 0. The lowest BCUT2D eigenvalue weighted by molar-refractivity contribution is -0.144. The summed E-state index contributed by atoms with van der Waals surface area (Å²) in [6, 6.07) is 5.59. The molecule has 1 unspecified atom stereocenters. The lowest BCUT2D eigenvalue weighted by Crippen LogP contribution is -2.25. The second-order valence-electron chi connectivity index (χ2n) is 5.88. The number of rotatable bonds is 4. The molecule has 2 rings (SSSR count). The van der Waals surface area contributed by atoms with Gasteiger partial charge in [0.25, 0.3) is 0 Å². The Bertz CT molecular complexity index is 545. The van der Waals surface area contributed by atoms with Gasteiger partial charge in [-0.05, 0) is 25.5 Å². The SMILES string of the molecule is COC(=O)C(C)CC(=O)c1cccc2c1OC(C)(C)C2. The van der Waals surface area contributed by atoms with Gasteiger partial charge in [-0.1, -0.05) is 19.1 Å². The third-order valence-electron chi connectivity index (χ3n) is 3.49. The minimum Gasteiger partial charge on any atom is -0.486 e. The van der Waals surface area contributed by atoms with Crippen LogP contribution in [-0.4, -0.2) is 24.5 Å². The molecule has 0 N–H and O–H groups in total. The summed E-state index contributed by atoms with van der Waals surface area (Å²) >= 11 is 0. The standard InChI is InChI=1S/C16H20O4/c1-10(15(18)19-4)8-13(17)12-7-5-6-11-9-16(2,3)20-14(11)12/h5-7,10H,8-9H2,1-4H3. The number of methoxy groups -OCH3 is 1. The van der Waals surface area contributed by atoms with Gasteiger partial charge in [-0.3, -0.25) is 9.59 Å². The molecule has 0 amide bonds. The lowest BCUT2D eigenvalue weighted by atomic mass is 9.96. The molecule has 1 aliphatic heterocycles. The predicted octanol–water partition coefficient (Wildman–Crippen LogP) is 2.78. The van der Waals surface area contributed by atoms with Crippen LogP contribution < -0.4 is 4.74 Å². The fourth-order valence-corrected chi connectivity index (χ4v) is 2.51. The van der Waals surface area contributed by atoms with Crippen LogP contribution in [0.1, 0.15) is 43.1 Å². The van der Waals surface area contributed by atoms with Gasteiger partial charge in [0.1, 0.15) is 11.4 Å². The molecule has 0 aliphatic carbocycles. The first-order chi connectivity index (χ1) is 9.34. The maximum Gasteiger partial charge on any atom is 0.308 e. The molecule has 0 radical (unpaired) electrons. The topological polar surface area (TPSA) is 52.6 Å². The third kappa shape index (κ3) is 2.84. The van der Waals surface area contributed by atoms with Gasteiger partial charge < -0.3 is 9.47 Å². The van der Waals surface area contributed by atoms with Crippen molar-refractivity contribution < 1.29 is 19.1 Å². The summed E-state index contributed by atoms with van der Waals surface area (Å²) in [5.41, 5.74) is 1.32. The first-order valence-corrected chi connectivity index (χ1v) is 6.76. The van der Waals surface area contributed by atoms with Crippen molar-refractivity contribution in [2.45, 2.75) is 39.2 Å². The number of ether oxygens (including phenoxy) is 2. The van der Waals surface area contributed by atoms with E-state index in [9.17, 15) is 9.59 Å². The molecular weight excluding hydrogens is 256 g/mol. The molecule has 1 aromatic carbocycles. The number of carbonyl (C=O) groups is 2. The van der Waals surface area contributed by atoms with Gasteiger partial charge >= 0.3 is 5.97 Å². The summed E-state index contributed by atoms with van der Waals surface area (Å²) in [6.07, 6.45) is 0.920. The van der Waals surface area contributed by atoms with E-state index in [-0.39, 0.29) is 23.8 Å². The number of Topliss-reactive ketones (excluding diaryl/α,β-unsaturated/α-hetero) is 1. The summed E-state index contributed by atoms with van der Waals surface area (Å²) in [6.45, 7) is 5.69. The first kappa shape index (κ1) is 14.6. The number of hydrogen-bond acceptors (Lipinski definition) is 4. The van der Waals surface area contributed by atoms with Crippen LogP contribution in [0.3, 0.4) is 0 Å². The van der Waals surface area contributed by atoms with Gasteiger partial charge in [0, 0.05) is 12.8 Å². The zero-order valence-corrected chi connectivity index (χ0v) is 12.4. The Morgan fingerprint density at radius 2 is 2.10 bits per heavy atom. The lowest BCUT2D eigenvalue weighted by Gasteiger charge is -2.18. The van der Waals surface area contributed by atoms with Crippen LogP contribution >= 0.6 is 0 Å². The van der Waals surface area contributed by atoms with Crippen molar-refractivity contribution in [1.82, 2.24) is 0 Å². The van der Waals surface area contributed by atoms with E-state index in [1.165, 1.54) is 7.11 Å². The molecule has 0 bridgehead atoms. The molecule has 1 aromatic rings. The highest BCUT2D eigenvalue weighted by Crippen LogP contribution is 2.38. The van der Waals surface area contributed by atoms with Gasteiger partial charge in [-0.15, -0.1) is 0 Å². The molecule has 4 nitrogen and oxygen atoms in total. The van der Waals surface area contributed by atoms with E-state index in [0.717, 1.165) is 12.0 Å². The van der Waals surface area contributed by atoms with Crippen molar-refractivity contribution in [3.63, 3.8) is 0 Å². The first-order valence-electron chi connectivity index (χ1n) is 6.76. The monoisotopic (exact) mass is 276 g/mol. The molecule has 0 spiro atoms. The quantitative estimate of drug-likeness (QED) is 0.627. The van der Waals surface area contributed by atoms with Gasteiger partial charge in [0.2, 0.25) is 0 Å². The number of esters is 1. The van der Waals surface area contributed by atoms with Gasteiger partial charge in [0.15, 0.2) is 5.78 Å². The molecule has 1 heterocycles. The number of para-hydroxylation sites is 1. The van der Waals surface area contributed by atoms with Crippen LogP contribution in [0.5, 0.6) is 5.75 Å². The smallest absolute Gasteiger partial charge is 0.308 e. The Morgan fingerprint density at radius 1 is 1.40 bits per heavy atom. The fourth-order valence-electron chi connectivity index (χ4n) is 2.51. The van der Waals surface area contributed by atoms with Crippen LogP contribution in [-0.2, 0) is 16.0 Å². The van der Waals surface area contributed by atoms with E-state index in [2.05, 4.69) is 4.74 Å². The molecule has 20 heavy (non-hydrogen) atoms. The molecule has 4 heteroatoms. The Morgan fingerprint density at radius 3 is 2.75 bits per heavy atom. The number of carbonyl (C=O) groups excluding carboxylic acids is 2. The van der Waals surface area contributed by atoms with Crippen LogP contribution in [0.25, 0.3) is 0 Å². The van der Waals surface area contributed by atoms with Crippen molar-refractivity contribution in [3.05, 3.63) is 29.3 Å². The van der Waals surface area contributed by atoms with Crippen LogP contribution in [0, 0.1) is 5.92 Å². The van der Waals surface area contributed by atoms with E-state index < -0.39 is 5.92 Å². The van der Waals surface area contributed by atoms with Crippen molar-refractivity contribution in [2.75, 3.05) is 7.11 Å². The molecule has 1 atom stereocenters. The number of fused-ring (bicyclic) bond motifs is 1. The average Bonchev–Trinajstić information content (AvgIpc) is 2.70. The van der Waals surface area contributed by atoms with Crippen molar-refractivity contribution in [2.24, 2.45) is 5.92 Å². The molecule has 108 valence electrons. The molecule has 1 aliphatic rings. The highest BCUT2D eigenvalue weighted by molar-refractivity contribution is 6.00. The van der Waals surface area contributed by atoms with Crippen LogP contribution in [0.4, 0.5) is 0 Å². The average molecular weight is 276 g/mol. The second kappa shape index (κ2) is 5.27. The van der Waals surface area contributed by atoms with E-state index in [4.69, 9.17) is 4.74 Å². The maximum absolute atomic E-state index is 12.4. The number of benzene rings is 1. The molecule has 0 fully saturated rings. The largest absolute Gasteiger partial charge is 0.486 e. The van der Waals surface area contributed by atoms with E-state index in [1.807, 2.05) is 26.0 Å². The molecule has 0 saturated heterocycles. The van der Waals surface area contributed by atoms with Gasteiger partial charge in [-0.25, -0.2) is 0 Å². The molecular formula is C16H20O4. The molecule has 0 aromatic heterocycles. The van der Waals surface area contributed by atoms with Gasteiger partial charge in [0.05, 0.1) is 18.6 Å². The zero-order chi connectivity index (χ0) is 14.9. The van der Waals surface area contributed by atoms with E-state index >= 15 is 0 Å². The number of ketones is 1. The Hall–Kier alpha value is -1.84. The summed E-state index contributed by atoms with van der Waals surface area (Å²) in [5, 5.41) is 0. The van der Waals surface area contributed by atoms with E-state index in [0.29, 0.717) is 11.3 Å². The maximum atomic E-state index is 12.4. The normalized spacial score (nSPS) is 17.0. The Labute approximate surface area is 119 Å². The van der Waals surface area contributed by atoms with Gasteiger partial charge in [-0.2, -0.15) is 0 Å². The summed E-state index contributed by atoms with van der Waals surface area (Å²) in [5.74, 6) is -0.234.